The standard InChI is InChI=1S/C35H33N5O3S/c1-3-5-21-43-30-13-9-10-26(22-30)33-27(24-39(38-33)28-11-7-6-8-12-28)23-31-34(41)40-35(44-31)36-32(37-40)19-16-25-14-17-29(18-15-25)42-20-4-2/h6-19,22-24H,3-5,20-21H2,1-2H3/b19-16+,31-23-. The second-order valence-electron chi connectivity index (χ2n) is 10.3. The van der Waals surface area contributed by atoms with Crippen LogP contribution in [0.1, 0.15) is 50.1 Å². The summed E-state index contributed by atoms with van der Waals surface area (Å²) in [4.78, 5) is 18.5. The zero-order valence-electron chi connectivity index (χ0n) is 24.7. The molecule has 0 aliphatic carbocycles. The maximum Gasteiger partial charge on any atom is 0.291 e. The molecule has 6 rings (SSSR count). The van der Waals surface area contributed by atoms with Crippen molar-refractivity contribution in [3.63, 3.8) is 0 Å². The summed E-state index contributed by atoms with van der Waals surface area (Å²) in [6, 6.07) is 25.7. The van der Waals surface area contributed by atoms with E-state index in [1.54, 1.807) is 0 Å². The van der Waals surface area contributed by atoms with Crippen LogP contribution in [0.15, 0.2) is 89.9 Å². The van der Waals surface area contributed by atoms with Crippen LogP contribution < -0.4 is 19.6 Å². The van der Waals surface area contributed by atoms with Gasteiger partial charge in [0, 0.05) is 17.3 Å². The highest BCUT2D eigenvalue weighted by molar-refractivity contribution is 7.15. The number of hydrogen-bond donors (Lipinski definition) is 0. The van der Waals surface area contributed by atoms with Gasteiger partial charge in [-0.3, -0.25) is 4.79 Å². The van der Waals surface area contributed by atoms with Gasteiger partial charge in [-0.15, -0.1) is 5.10 Å². The smallest absolute Gasteiger partial charge is 0.291 e. The molecule has 0 amide bonds. The number of benzene rings is 3. The van der Waals surface area contributed by atoms with Crippen LogP contribution in [0.5, 0.6) is 11.5 Å². The number of unbranched alkanes of at least 4 members (excludes halogenated alkanes) is 1. The molecule has 0 atom stereocenters. The number of fused-ring (bicyclic) bond motifs is 1. The lowest BCUT2D eigenvalue weighted by Gasteiger charge is -2.07. The Morgan fingerprint density at radius 3 is 2.43 bits per heavy atom. The zero-order valence-corrected chi connectivity index (χ0v) is 25.5. The van der Waals surface area contributed by atoms with Crippen LogP contribution in [-0.2, 0) is 0 Å². The monoisotopic (exact) mass is 603 g/mol. The van der Waals surface area contributed by atoms with E-state index in [-0.39, 0.29) is 5.56 Å². The first kappa shape index (κ1) is 29.1. The highest BCUT2D eigenvalue weighted by atomic mass is 32.1. The van der Waals surface area contributed by atoms with Crippen LogP contribution >= 0.6 is 11.3 Å². The first-order valence-electron chi connectivity index (χ1n) is 14.8. The summed E-state index contributed by atoms with van der Waals surface area (Å²) in [6.45, 7) is 5.58. The van der Waals surface area contributed by atoms with E-state index in [0.717, 1.165) is 58.8 Å². The molecule has 0 bridgehead atoms. The Bertz CT molecular complexity index is 1990. The molecule has 3 heterocycles. The number of rotatable bonds is 12. The van der Waals surface area contributed by atoms with Crippen LogP contribution in [0.25, 0.3) is 40.1 Å². The average molecular weight is 604 g/mol. The maximum atomic E-state index is 13.4. The average Bonchev–Trinajstić information content (AvgIpc) is 3.75. The van der Waals surface area contributed by atoms with Gasteiger partial charge >= 0.3 is 0 Å². The summed E-state index contributed by atoms with van der Waals surface area (Å²) in [6.07, 6.45) is 10.6. The van der Waals surface area contributed by atoms with E-state index < -0.39 is 0 Å². The normalized spacial score (nSPS) is 12.0. The van der Waals surface area contributed by atoms with Crippen molar-refractivity contribution in [2.24, 2.45) is 0 Å². The highest BCUT2D eigenvalue weighted by Crippen LogP contribution is 2.28. The molecule has 6 aromatic rings. The van der Waals surface area contributed by atoms with E-state index in [4.69, 9.17) is 14.6 Å². The Labute approximate surface area is 259 Å². The molecule has 3 aromatic heterocycles. The molecule has 0 fully saturated rings. The lowest BCUT2D eigenvalue weighted by atomic mass is 10.1. The first-order valence-corrected chi connectivity index (χ1v) is 15.6. The van der Waals surface area contributed by atoms with Crippen LogP contribution in [0.2, 0.25) is 0 Å². The lowest BCUT2D eigenvalue weighted by molar-refractivity contribution is 0.309. The fraction of sp³-hybridized carbons (Fsp3) is 0.200. The summed E-state index contributed by atoms with van der Waals surface area (Å²) < 4.78 is 15.3. The Hall–Kier alpha value is -5.02. The van der Waals surface area contributed by atoms with Gasteiger partial charge in [-0.25, -0.2) is 4.68 Å². The largest absolute Gasteiger partial charge is 0.494 e. The summed E-state index contributed by atoms with van der Waals surface area (Å²) in [7, 11) is 0. The molecular formula is C35H33N5O3S. The third-order valence-corrected chi connectivity index (χ3v) is 7.86. The topological polar surface area (TPSA) is 83.5 Å². The molecule has 0 saturated heterocycles. The summed E-state index contributed by atoms with van der Waals surface area (Å²) in [5, 5.41) is 9.38. The van der Waals surface area contributed by atoms with E-state index in [2.05, 4.69) is 23.9 Å². The van der Waals surface area contributed by atoms with E-state index in [0.29, 0.717) is 28.5 Å². The molecular weight excluding hydrogens is 570 g/mol. The molecule has 222 valence electrons. The molecule has 0 unspecified atom stereocenters. The molecule has 0 N–H and O–H groups in total. The third kappa shape index (κ3) is 6.63. The van der Waals surface area contributed by atoms with Gasteiger partial charge in [0.1, 0.15) is 17.2 Å². The van der Waals surface area contributed by atoms with E-state index in [1.807, 2.05) is 108 Å². The van der Waals surface area contributed by atoms with Crippen LogP contribution in [0.3, 0.4) is 0 Å². The van der Waals surface area contributed by atoms with Crippen molar-refractivity contribution in [2.45, 2.75) is 33.1 Å². The molecule has 44 heavy (non-hydrogen) atoms. The Morgan fingerprint density at radius 2 is 1.66 bits per heavy atom. The van der Waals surface area contributed by atoms with Crippen LogP contribution in [0, 0.1) is 0 Å². The quantitative estimate of drug-likeness (QED) is 0.145. The number of nitrogens with zero attached hydrogens (tertiary/aromatic N) is 5. The van der Waals surface area contributed by atoms with Crippen molar-refractivity contribution in [1.82, 2.24) is 24.4 Å². The predicted molar refractivity (Wildman–Crippen MR) is 176 cm³/mol. The minimum absolute atomic E-state index is 0.218. The van der Waals surface area contributed by atoms with Gasteiger partial charge in [-0.2, -0.15) is 14.6 Å². The number of aromatic nitrogens is 5. The number of ether oxygens (including phenoxy) is 2. The first-order chi connectivity index (χ1) is 21.6. The van der Waals surface area contributed by atoms with Gasteiger partial charge in [-0.05, 0) is 67.0 Å². The molecule has 0 saturated carbocycles. The van der Waals surface area contributed by atoms with E-state index in [9.17, 15) is 4.79 Å². The third-order valence-electron chi connectivity index (χ3n) is 6.90. The van der Waals surface area contributed by atoms with Gasteiger partial charge in [0.05, 0.1) is 23.4 Å². The molecule has 0 aliphatic heterocycles. The Balaban J connectivity index is 1.32. The summed E-state index contributed by atoms with van der Waals surface area (Å²) in [5.41, 5.74) is 4.17. The minimum atomic E-state index is -0.218. The van der Waals surface area contributed by atoms with Crippen molar-refractivity contribution in [3.8, 4) is 28.4 Å². The van der Waals surface area contributed by atoms with Gasteiger partial charge < -0.3 is 9.47 Å². The number of thiazole rings is 1. The van der Waals surface area contributed by atoms with Crippen molar-refractivity contribution in [3.05, 3.63) is 117 Å². The van der Waals surface area contributed by atoms with Crippen molar-refractivity contribution in [1.29, 1.82) is 0 Å². The van der Waals surface area contributed by atoms with Crippen molar-refractivity contribution < 1.29 is 9.47 Å². The molecule has 8 nitrogen and oxygen atoms in total. The molecule has 0 radical (unpaired) electrons. The van der Waals surface area contributed by atoms with Gasteiger partial charge in [0.2, 0.25) is 4.96 Å². The molecule has 9 heteroatoms. The lowest BCUT2D eigenvalue weighted by Crippen LogP contribution is -2.23. The fourth-order valence-electron chi connectivity index (χ4n) is 4.62. The van der Waals surface area contributed by atoms with E-state index in [1.165, 1.54) is 15.9 Å². The predicted octanol–water partition coefficient (Wildman–Crippen LogP) is 6.69. The highest BCUT2D eigenvalue weighted by Gasteiger charge is 2.14. The van der Waals surface area contributed by atoms with Crippen molar-refractivity contribution in [2.75, 3.05) is 13.2 Å². The van der Waals surface area contributed by atoms with Crippen LogP contribution in [0.4, 0.5) is 0 Å². The minimum Gasteiger partial charge on any atom is -0.494 e. The molecule has 0 spiro atoms. The Morgan fingerprint density at radius 1 is 0.841 bits per heavy atom. The maximum absolute atomic E-state index is 13.4. The van der Waals surface area contributed by atoms with E-state index >= 15 is 0 Å². The molecule has 3 aromatic carbocycles. The summed E-state index contributed by atoms with van der Waals surface area (Å²) >= 11 is 1.31. The molecule has 0 aliphatic rings. The fourth-order valence-corrected chi connectivity index (χ4v) is 5.53. The van der Waals surface area contributed by atoms with Gasteiger partial charge in [0.25, 0.3) is 5.56 Å². The van der Waals surface area contributed by atoms with Gasteiger partial charge in [-0.1, -0.05) is 80.1 Å². The number of hydrogen-bond acceptors (Lipinski definition) is 7. The van der Waals surface area contributed by atoms with Gasteiger partial charge in [0.15, 0.2) is 5.82 Å². The Kier molecular flexibility index (Phi) is 8.93. The SMILES string of the molecule is CCCCOc1cccc(-c2nn(-c3ccccc3)cc2/C=c2\sc3nc(/C=C/c4ccc(OCCC)cc4)nn3c2=O)c1. The second kappa shape index (κ2) is 13.5. The number of para-hydroxylation sites is 1. The zero-order chi connectivity index (χ0) is 30.3. The van der Waals surface area contributed by atoms with Crippen molar-refractivity contribution >= 4 is 34.5 Å². The summed E-state index contributed by atoms with van der Waals surface area (Å²) in [5.74, 6) is 2.11. The second-order valence-corrected chi connectivity index (χ2v) is 11.3. The van der Waals surface area contributed by atoms with Crippen LogP contribution in [-0.4, -0.2) is 37.6 Å².